The first-order valence-corrected chi connectivity index (χ1v) is 11.5. The molecule has 0 aliphatic carbocycles. The van der Waals surface area contributed by atoms with Crippen molar-refractivity contribution >= 4 is 23.3 Å². The van der Waals surface area contributed by atoms with Crippen LogP contribution < -0.4 is 34.5 Å². The summed E-state index contributed by atoms with van der Waals surface area (Å²) in [5.74, 6) is 2.30. The first-order chi connectivity index (χ1) is 16.5. The van der Waals surface area contributed by atoms with Gasteiger partial charge in [-0.3, -0.25) is 4.79 Å². The molecule has 3 rings (SSSR count). The van der Waals surface area contributed by atoms with Crippen molar-refractivity contribution in [2.24, 2.45) is 5.92 Å². The summed E-state index contributed by atoms with van der Waals surface area (Å²) in [5.41, 5.74) is 1.34. The van der Waals surface area contributed by atoms with Gasteiger partial charge in [-0.2, -0.15) is 0 Å². The lowest BCUT2D eigenvalue weighted by Gasteiger charge is -2.18. The fourth-order valence-corrected chi connectivity index (χ4v) is 3.80. The molecule has 1 atom stereocenters. The summed E-state index contributed by atoms with van der Waals surface area (Å²) in [6.07, 6.45) is 0.373. The molecular weight excluding hydrogens is 438 g/mol. The molecule has 1 heterocycles. The van der Waals surface area contributed by atoms with E-state index in [9.17, 15) is 9.59 Å². The Hall–Kier alpha value is -3.62. The SMILES string of the molecule is CCOc1cc(NC(=O)NCC2CC(=O)N(c3ccc(OC)cc3)C2)cc(OCC)c1OCC. The van der Waals surface area contributed by atoms with E-state index in [0.717, 1.165) is 11.4 Å². The number of nitrogens with one attached hydrogen (secondary N) is 2. The Morgan fingerprint density at radius 2 is 1.62 bits per heavy atom. The molecule has 2 aromatic carbocycles. The Balaban J connectivity index is 1.60. The van der Waals surface area contributed by atoms with Gasteiger partial charge < -0.3 is 34.5 Å². The maximum atomic E-state index is 12.6. The zero-order valence-corrected chi connectivity index (χ0v) is 20.2. The fourth-order valence-electron chi connectivity index (χ4n) is 3.80. The first kappa shape index (κ1) is 25.0. The van der Waals surface area contributed by atoms with Crippen molar-refractivity contribution in [2.45, 2.75) is 27.2 Å². The molecule has 2 N–H and O–H groups in total. The van der Waals surface area contributed by atoms with E-state index in [4.69, 9.17) is 18.9 Å². The van der Waals surface area contributed by atoms with Crippen molar-refractivity contribution in [3.05, 3.63) is 36.4 Å². The average molecular weight is 472 g/mol. The smallest absolute Gasteiger partial charge is 0.319 e. The molecule has 1 saturated heterocycles. The molecule has 0 radical (unpaired) electrons. The van der Waals surface area contributed by atoms with Crippen LogP contribution in [0.3, 0.4) is 0 Å². The Kier molecular flexibility index (Phi) is 8.84. The van der Waals surface area contributed by atoms with Crippen LogP contribution in [0.2, 0.25) is 0 Å². The van der Waals surface area contributed by atoms with E-state index >= 15 is 0 Å². The Morgan fingerprint density at radius 3 is 2.18 bits per heavy atom. The van der Waals surface area contributed by atoms with E-state index in [1.165, 1.54) is 0 Å². The molecule has 1 aliphatic heterocycles. The number of amides is 3. The van der Waals surface area contributed by atoms with Gasteiger partial charge >= 0.3 is 6.03 Å². The predicted octanol–water partition coefficient (Wildman–Crippen LogP) is 4.07. The largest absolute Gasteiger partial charge is 0.497 e. The minimum atomic E-state index is -0.371. The molecule has 9 nitrogen and oxygen atoms in total. The zero-order valence-electron chi connectivity index (χ0n) is 20.2. The Bertz CT molecular complexity index is 952. The van der Waals surface area contributed by atoms with Crippen LogP contribution in [0.5, 0.6) is 23.0 Å². The number of urea groups is 1. The van der Waals surface area contributed by atoms with Gasteiger partial charge in [-0.15, -0.1) is 0 Å². The van der Waals surface area contributed by atoms with Gasteiger partial charge in [-0.1, -0.05) is 0 Å². The molecule has 1 aliphatic rings. The fraction of sp³-hybridized carbons (Fsp3) is 0.440. The minimum Gasteiger partial charge on any atom is -0.497 e. The molecule has 2 aromatic rings. The van der Waals surface area contributed by atoms with Crippen LogP contribution in [0.25, 0.3) is 0 Å². The molecule has 0 bridgehead atoms. The molecule has 0 aromatic heterocycles. The van der Waals surface area contributed by atoms with E-state index in [-0.39, 0.29) is 17.9 Å². The molecule has 34 heavy (non-hydrogen) atoms. The molecule has 9 heteroatoms. The van der Waals surface area contributed by atoms with Crippen LogP contribution >= 0.6 is 0 Å². The highest BCUT2D eigenvalue weighted by Gasteiger charge is 2.30. The number of nitrogens with zero attached hydrogens (tertiary/aromatic N) is 1. The van der Waals surface area contributed by atoms with Crippen LogP contribution in [0.1, 0.15) is 27.2 Å². The Labute approximate surface area is 200 Å². The third-order valence-corrected chi connectivity index (χ3v) is 5.31. The molecule has 184 valence electrons. The van der Waals surface area contributed by atoms with Crippen molar-refractivity contribution in [3.8, 4) is 23.0 Å². The van der Waals surface area contributed by atoms with Crippen LogP contribution in [-0.4, -0.2) is 52.0 Å². The quantitative estimate of drug-likeness (QED) is 0.513. The lowest BCUT2D eigenvalue weighted by molar-refractivity contribution is -0.117. The summed E-state index contributed by atoms with van der Waals surface area (Å²) in [5, 5.41) is 5.69. The maximum Gasteiger partial charge on any atom is 0.319 e. The molecular formula is C25H33N3O6. The Morgan fingerprint density at radius 1 is 1.00 bits per heavy atom. The summed E-state index contributed by atoms with van der Waals surface area (Å²) in [6, 6.07) is 10.4. The van der Waals surface area contributed by atoms with Gasteiger partial charge in [0.05, 0.1) is 32.6 Å². The second-order valence-electron chi connectivity index (χ2n) is 7.71. The summed E-state index contributed by atoms with van der Waals surface area (Å²) in [4.78, 5) is 26.8. The van der Waals surface area contributed by atoms with Gasteiger partial charge in [-0.05, 0) is 45.0 Å². The number of carbonyl (C=O) groups is 2. The molecule has 0 saturated carbocycles. The van der Waals surface area contributed by atoms with E-state index in [1.807, 2.05) is 45.0 Å². The summed E-state index contributed by atoms with van der Waals surface area (Å²) in [7, 11) is 1.60. The first-order valence-electron chi connectivity index (χ1n) is 11.5. The standard InChI is InChI=1S/C25H33N3O6/c1-5-32-21-13-18(14-22(33-6-2)24(21)34-7-3)27-25(30)26-15-17-12-23(29)28(16-17)19-8-10-20(31-4)11-9-19/h8-11,13-14,17H,5-7,12,15-16H2,1-4H3,(H2,26,27,30). The van der Waals surface area contributed by atoms with Gasteiger partial charge in [-0.25, -0.2) is 4.79 Å². The lowest BCUT2D eigenvalue weighted by atomic mass is 10.1. The number of anilines is 2. The molecule has 1 unspecified atom stereocenters. The number of hydrogen-bond donors (Lipinski definition) is 2. The van der Waals surface area contributed by atoms with Crippen molar-refractivity contribution < 1.29 is 28.5 Å². The third kappa shape index (κ3) is 6.24. The summed E-state index contributed by atoms with van der Waals surface area (Å²) >= 11 is 0. The molecule has 0 spiro atoms. The third-order valence-electron chi connectivity index (χ3n) is 5.31. The number of hydrogen-bond acceptors (Lipinski definition) is 6. The van der Waals surface area contributed by atoms with E-state index in [2.05, 4.69) is 10.6 Å². The molecule has 1 fully saturated rings. The van der Waals surface area contributed by atoms with Crippen molar-refractivity contribution in [2.75, 3.05) is 50.2 Å². The second kappa shape index (κ2) is 12.0. The normalized spacial score (nSPS) is 15.1. The van der Waals surface area contributed by atoms with E-state index in [1.54, 1.807) is 24.1 Å². The van der Waals surface area contributed by atoms with Gasteiger partial charge in [0.2, 0.25) is 11.7 Å². The number of rotatable bonds is 11. The zero-order chi connectivity index (χ0) is 24.5. The minimum absolute atomic E-state index is 0.0126. The van der Waals surface area contributed by atoms with Crippen LogP contribution in [0.15, 0.2) is 36.4 Å². The highest BCUT2D eigenvalue weighted by Crippen LogP contribution is 2.40. The monoisotopic (exact) mass is 471 g/mol. The van der Waals surface area contributed by atoms with Crippen LogP contribution in [-0.2, 0) is 4.79 Å². The number of ether oxygens (including phenoxy) is 4. The van der Waals surface area contributed by atoms with Crippen molar-refractivity contribution in [1.29, 1.82) is 0 Å². The number of benzene rings is 2. The van der Waals surface area contributed by atoms with Crippen molar-refractivity contribution in [3.63, 3.8) is 0 Å². The highest BCUT2D eigenvalue weighted by atomic mass is 16.5. The van der Waals surface area contributed by atoms with Crippen LogP contribution in [0.4, 0.5) is 16.2 Å². The summed E-state index contributed by atoms with van der Waals surface area (Å²) in [6.45, 7) is 7.90. The average Bonchev–Trinajstić information content (AvgIpc) is 3.21. The lowest BCUT2D eigenvalue weighted by Crippen LogP contribution is -2.34. The number of methoxy groups -OCH3 is 1. The van der Waals surface area contributed by atoms with Gasteiger partial charge in [0, 0.05) is 43.2 Å². The number of carbonyl (C=O) groups excluding carboxylic acids is 2. The van der Waals surface area contributed by atoms with E-state index in [0.29, 0.717) is 62.3 Å². The highest BCUT2D eigenvalue weighted by molar-refractivity contribution is 5.96. The van der Waals surface area contributed by atoms with Crippen molar-refractivity contribution in [1.82, 2.24) is 5.32 Å². The second-order valence-corrected chi connectivity index (χ2v) is 7.71. The summed E-state index contributed by atoms with van der Waals surface area (Å²) < 4.78 is 22.3. The maximum absolute atomic E-state index is 12.6. The van der Waals surface area contributed by atoms with Gasteiger partial charge in [0.15, 0.2) is 11.5 Å². The van der Waals surface area contributed by atoms with Gasteiger partial charge in [0.25, 0.3) is 0 Å². The topological polar surface area (TPSA) is 98.4 Å². The predicted molar refractivity (Wildman–Crippen MR) is 130 cm³/mol. The molecule has 3 amide bonds. The van der Waals surface area contributed by atoms with E-state index < -0.39 is 0 Å². The van der Waals surface area contributed by atoms with Gasteiger partial charge in [0.1, 0.15) is 5.75 Å². The van der Waals surface area contributed by atoms with Crippen LogP contribution in [0, 0.1) is 5.92 Å².